The van der Waals surface area contributed by atoms with Crippen LogP contribution in [0.15, 0.2) is 66.9 Å². The molecule has 2 aromatic carbocycles. The molecular weight excluding hydrogens is 395 g/mol. The lowest BCUT2D eigenvalue weighted by Gasteiger charge is -2.34. The Morgan fingerprint density at radius 2 is 2.03 bits per heavy atom. The van der Waals surface area contributed by atoms with E-state index in [2.05, 4.69) is 33.1 Å². The molecule has 0 unspecified atom stereocenters. The third-order valence-electron chi connectivity index (χ3n) is 5.43. The van der Waals surface area contributed by atoms with Crippen LogP contribution >= 0.6 is 0 Å². The average molecular weight is 420 g/mol. The van der Waals surface area contributed by atoms with Crippen LogP contribution in [0.5, 0.6) is 0 Å². The maximum Gasteiger partial charge on any atom is 0.307 e. The third kappa shape index (κ3) is 5.19. The van der Waals surface area contributed by atoms with Crippen LogP contribution in [0, 0.1) is 5.82 Å². The number of pyridine rings is 1. The van der Waals surface area contributed by atoms with Gasteiger partial charge in [0.2, 0.25) is 0 Å². The topological polar surface area (TPSA) is 86.3 Å². The molecule has 0 bridgehead atoms. The molecule has 1 aromatic heterocycles. The molecule has 2 heterocycles. The summed E-state index contributed by atoms with van der Waals surface area (Å²) in [5.74, 6) is -0.689. The first-order valence-corrected chi connectivity index (χ1v) is 10.3. The van der Waals surface area contributed by atoms with Crippen molar-refractivity contribution >= 4 is 17.5 Å². The first-order valence-electron chi connectivity index (χ1n) is 10.3. The van der Waals surface area contributed by atoms with Gasteiger partial charge in [-0.25, -0.2) is 9.37 Å². The van der Waals surface area contributed by atoms with Gasteiger partial charge in [0.05, 0.1) is 24.2 Å². The molecule has 6 nitrogen and oxygen atoms in total. The molecule has 3 aromatic rings. The summed E-state index contributed by atoms with van der Waals surface area (Å²) in [6.07, 6.45) is 2.11. The normalized spacial score (nSPS) is 16.0. The molecule has 7 heteroatoms. The number of carbonyl (C=O) groups is 1. The predicted molar refractivity (Wildman–Crippen MR) is 119 cm³/mol. The molecule has 160 valence electrons. The van der Waals surface area contributed by atoms with Gasteiger partial charge in [0.1, 0.15) is 11.6 Å². The summed E-state index contributed by atoms with van der Waals surface area (Å²) in [5.41, 5.74) is 3.26. The van der Waals surface area contributed by atoms with E-state index in [1.807, 2.05) is 30.3 Å². The number of anilines is 2. The van der Waals surface area contributed by atoms with E-state index in [0.29, 0.717) is 13.0 Å². The number of aliphatic carboxylic acids is 1. The Bertz CT molecular complexity index is 1040. The van der Waals surface area contributed by atoms with Gasteiger partial charge in [-0.3, -0.25) is 4.79 Å². The summed E-state index contributed by atoms with van der Waals surface area (Å²) in [4.78, 5) is 15.4. The molecule has 0 saturated heterocycles. The van der Waals surface area contributed by atoms with Crippen molar-refractivity contribution in [3.05, 3.63) is 89.4 Å². The van der Waals surface area contributed by atoms with Gasteiger partial charge in [-0.1, -0.05) is 42.5 Å². The van der Waals surface area contributed by atoms with Crippen molar-refractivity contribution in [2.75, 3.05) is 23.7 Å². The fourth-order valence-corrected chi connectivity index (χ4v) is 3.92. The molecule has 1 aliphatic rings. The number of nitrogens with one attached hydrogen (secondary N) is 3. The minimum Gasteiger partial charge on any atom is -0.481 e. The second-order valence-corrected chi connectivity index (χ2v) is 7.62. The second-order valence-electron chi connectivity index (χ2n) is 7.62. The van der Waals surface area contributed by atoms with Gasteiger partial charge in [0.15, 0.2) is 0 Å². The van der Waals surface area contributed by atoms with Crippen LogP contribution in [0.4, 0.5) is 15.9 Å². The van der Waals surface area contributed by atoms with Crippen molar-refractivity contribution in [1.82, 2.24) is 10.3 Å². The minimum atomic E-state index is -1.04. The molecule has 4 rings (SSSR count). The summed E-state index contributed by atoms with van der Waals surface area (Å²) < 4.78 is 13.9. The Balaban J connectivity index is 1.46. The maximum atomic E-state index is 13.9. The number of nitrogens with zero attached hydrogens (tertiary/aromatic N) is 1. The highest BCUT2D eigenvalue weighted by Crippen LogP contribution is 2.28. The first kappa shape index (κ1) is 20.8. The Kier molecular flexibility index (Phi) is 6.43. The monoisotopic (exact) mass is 420 g/mol. The molecular formula is C24H25FN4O2. The molecule has 0 spiro atoms. The van der Waals surface area contributed by atoms with Crippen molar-refractivity contribution in [2.24, 2.45) is 0 Å². The smallest absolute Gasteiger partial charge is 0.307 e. The van der Waals surface area contributed by atoms with Crippen LogP contribution in [0.3, 0.4) is 0 Å². The highest BCUT2D eigenvalue weighted by molar-refractivity contribution is 5.70. The molecule has 0 amide bonds. The van der Waals surface area contributed by atoms with Crippen LogP contribution in [0.2, 0.25) is 0 Å². The second kappa shape index (κ2) is 9.57. The number of hydrogen-bond donors (Lipinski definition) is 4. The maximum absolute atomic E-state index is 13.9. The van der Waals surface area contributed by atoms with E-state index in [4.69, 9.17) is 5.11 Å². The molecule has 0 aliphatic carbocycles. The summed E-state index contributed by atoms with van der Waals surface area (Å²) in [5, 5.41) is 19.6. The van der Waals surface area contributed by atoms with Gasteiger partial charge in [0.25, 0.3) is 0 Å². The van der Waals surface area contributed by atoms with Crippen LogP contribution in [0.25, 0.3) is 0 Å². The summed E-state index contributed by atoms with van der Waals surface area (Å²) in [6.45, 7) is 1.40. The highest BCUT2D eigenvalue weighted by Gasteiger charge is 2.27. The number of carboxylic acid groups (broad SMARTS) is 1. The Morgan fingerprint density at radius 1 is 1.19 bits per heavy atom. The van der Waals surface area contributed by atoms with Crippen LogP contribution < -0.4 is 16.0 Å². The lowest BCUT2D eigenvalue weighted by Crippen LogP contribution is -2.44. The fraction of sp³-hybridized carbons (Fsp3) is 0.250. The van der Waals surface area contributed by atoms with Crippen LogP contribution in [-0.2, 0) is 17.6 Å². The van der Waals surface area contributed by atoms with Crippen molar-refractivity contribution in [1.29, 1.82) is 0 Å². The lowest BCUT2D eigenvalue weighted by molar-refractivity contribution is -0.136. The largest absolute Gasteiger partial charge is 0.481 e. The number of rotatable bonds is 8. The minimum absolute atomic E-state index is 0.0304. The van der Waals surface area contributed by atoms with Crippen molar-refractivity contribution in [2.45, 2.75) is 24.9 Å². The number of benzene rings is 2. The number of hydrogen-bond acceptors (Lipinski definition) is 5. The lowest BCUT2D eigenvalue weighted by atomic mass is 9.97. The van der Waals surface area contributed by atoms with E-state index in [9.17, 15) is 9.18 Å². The van der Waals surface area contributed by atoms with Gasteiger partial charge >= 0.3 is 5.97 Å². The van der Waals surface area contributed by atoms with Gasteiger partial charge in [-0.05, 0) is 47.9 Å². The van der Waals surface area contributed by atoms with E-state index in [0.717, 1.165) is 29.2 Å². The van der Waals surface area contributed by atoms with E-state index >= 15 is 0 Å². The predicted octanol–water partition coefficient (Wildman–Crippen LogP) is 3.63. The Hall–Kier alpha value is -3.45. The van der Waals surface area contributed by atoms with Crippen LogP contribution in [-0.4, -0.2) is 35.2 Å². The number of aromatic nitrogens is 1. The van der Waals surface area contributed by atoms with Gasteiger partial charge in [-0.15, -0.1) is 0 Å². The first-order chi connectivity index (χ1) is 15.1. The average Bonchev–Trinajstić information content (AvgIpc) is 2.79. The third-order valence-corrected chi connectivity index (χ3v) is 5.43. The molecule has 31 heavy (non-hydrogen) atoms. The Labute approximate surface area is 180 Å². The van der Waals surface area contributed by atoms with Crippen molar-refractivity contribution < 1.29 is 14.3 Å². The highest BCUT2D eigenvalue weighted by atomic mass is 19.1. The quantitative estimate of drug-likeness (QED) is 0.445. The number of halogens is 1. The standard InChI is InChI=1S/C24H25FN4O2/c25-19-9-8-16(13-18(19)14-22(30)31)10-12-26-23(17-5-2-1-3-6-17)21-15-28-20-7-4-11-27-24(20)29-21/h1-9,11,13,21,23,26,28H,10,12,14-15H2,(H,27,29)(H,30,31)/t21-,23-/m1/s1. The van der Waals surface area contributed by atoms with Gasteiger partial charge in [0, 0.05) is 12.7 Å². The van der Waals surface area contributed by atoms with E-state index in [1.165, 1.54) is 6.07 Å². The van der Waals surface area contributed by atoms with Crippen LogP contribution in [0.1, 0.15) is 22.7 Å². The summed E-state index contributed by atoms with van der Waals surface area (Å²) in [6, 6.07) is 18.9. The molecule has 0 radical (unpaired) electrons. The molecule has 0 fully saturated rings. The molecule has 0 saturated carbocycles. The van der Waals surface area contributed by atoms with Crippen molar-refractivity contribution in [3.63, 3.8) is 0 Å². The summed E-state index contributed by atoms with van der Waals surface area (Å²) in [7, 11) is 0. The Morgan fingerprint density at radius 3 is 2.84 bits per heavy atom. The summed E-state index contributed by atoms with van der Waals surface area (Å²) >= 11 is 0. The zero-order valence-electron chi connectivity index (χ0n) is 17.0. The number of fused-ring (bicyclic) bond motifs is 1. The van der Waals surface area contributed by atoms with E-state index < -0.39 is 11.8 Å². The number of carboxylic acids is 1. The van der Waals surface area contributed by atoms with Crippen molar-refractivity contribution in [3.8, 4) is 0 Å². The van der Waals surface area contributed by atoms with E-state index in [-0.39, 0.29) is 24.1 Å². The SMILES string of the molecule is O=C(O)Cc1cc(CCN[C@H](c2ccccc2)[C@H]2CNc3cccnc3N2)ccc1F. The zero-order chi connectivity index (χ0) is 21.6. The molecule has 2 atom stereocenters. The zero-order valence-corrected chi connectivity index (χ0v) is 17.0. The van der Waals surface area contributed by atoms with Gasteiger partial charge < -0.3 is 21.1 Å². The van der Waals surface area contributed by atoms with E-state index in [1.54, 1.807) is 18.3 Å². The molecule has 4 N–H and O–H groups in total. The molecule has 1 aliphatic heterocycles. The fourth-order valence-electron chi connectivity index (χ4n) is 3.92. The van der Waals surface area contributed by atoms with Gasteiger partial charge in [-0.2, -0.15) is 0 Å².